The number of benzene rings is 1. The summed E-state index contributed by atoms with van der Waals surface area (Å²) in [6.45, 7) is 6.75. The van der Waals surface area contributed by atoms with Gasteiger partial charge in [-0.1, -0.05) is 18.6 Å². The maximum atomic E-state index is 13.1. The van der Waals surface area contributed by atoms with Crippen LogP contribution < -0.4 is 11.1 Å². The van der Waals surface area contributed by atoms with Crippen LogP contribution in [0.1, 0.15) is 32.6 Å². The van der Waals surface area contributed by atoms with E-state index in [1.807, 2.05) is 6.08 Å². The van der Waals surface area contributed by atoms with Crippen molar-refractivity contribution in [1.29, 1.82) is 0 Å². The first kappa shape index (κ1) is 17.9. The zero-order valence-electron chi connectivity index (χ0n) is 14.8. The number of halogens is 1. The monoisotopic (exact) mass is 342 g/mol. The number of fused-ring (bicyclic) bond motifs is 1. The molecule has 0 bridgehead atoms. The van der Waals surface area contributed by atoms with Crippen molar-refractivity contribution in [2.45, 2.75) is 32.6 Å². The first-order valence-electron chi connectivity index (χ1n) is 8.85. The third kappa shape index (κ3) is 2.94. The molecule has 1 aromatic rings. The van der Waals surface area contributed by atoms with E-state index in [9.17, 15) is 9.50 Å². The van der Waals surface area contributed by atoms with Crippen LogP contribution in [0.25, 0.3) is 0 Å². The largest absolute Gasteiger partial charge is 0.396 e. The lowest BCUT2D eigenvalue weighted by Gasteiger charge is -2.45. The molecule has 1 saturated carbocycles. The maximum Gasteiger partial charge on any atom is 0.123 e. The second-order valence-corrected chi connectivity index (χ2v) is 7.46. The lowest BCUT2D eigenvalue weighted by atomic mass is 9.59. The molecule has 0 radical (unpaired) electrons. The summed E-state index contributed by atoms with van der Waals surface area (Å²) in [7, 11) is 0. The van der Waals surface area contributed by atoms with Crippen LogP contribution in [0, 0.1) is 16.6 Å². The molecule has 2 atom stereocenters. The Kier molecular flexibility index (Phi) is 4.85. The average Bonchev–Trinajstić information content (AvgIpc) is 2.89. The van der Waals surface area contributed by atoms with Gasteiger partial charge in [0.2, 0.25) is 0 Å². The van der Waals surface area contributed by atoms with Gasteiger partial charge in [0.1, 0.15) is 5.82 Å². The molecule has 134 valence electrons. The number of aliphatic hydroxyl groups is 1. The Bertz CT molecular complexity index is 722. The Labute approximate surface area is 149 Å². The van der Waals surface area contributed by atoms with Crippen molar-refractivity contribution in [3.8, 4) is 0 Å². The van der Waals surface area contributed by atoms with Crippen molar-refractivity contribution < 1.29 is 9.50 Å². The van der Waals surface area contributed by atoms with Crippen LogP contribution in [0.4, 0.5) is 10.1 Å². The van der Waals surface area contributed by atoms with Gasteiger partial charge in [0.05, 0.1) is 0 Å². The standard InChI is InChI=1S/C21H27FN2O/c1-3-9-21(14-25)10-8-16-11-19(15(13-23)12-20(16,21)2)24-18-6-4-17(22)5-7-18/h3-7,11,24-25H,1,8-10,12-14,23H2,2H3/t20-,21+/m0/s1. The van der Waals surface area contributed by atoms with Crippen molar-refractivity contribution in [2.24, 2.45) is 16.6 Å². The Balaban J connectivity index is 1.94. The molecule has 1 fully saturated rings. The molecule has 1 aromatic carbocycles. The number of aliphatic hydroxyl groups excluding tert-OH is 1. The summed E-state index contributed by atoms with van der Waals surface area (Å²) in [4.78, 5) is 0. The van der Waals surface area contributed by atoms with Crippen LogP contribution in [0.15, 0.2) is 59.8 Å². The van der Waals surface area contributed by atoms with Crippen LogP contribution in [0.3, 0.4) is 0 Å². The van der Waals surface area contributed by atoms with Gasteiger partial charge in [0.25, 0.3) is 0 Å². The molecule has 2 aliphatic carbocycles. The van der Waals surface area contributed by atoms with E-state index in [1.54, 1.807) is 12.1 Å². The number of hydrogen-bond acceptors (Lipinski definition) is 3. The number of nitrogens with two attached hydrogens (primary N) is 1. The number of hydrogen-bond donors (Lipinski definition) is 3. The summed E-state index contributed by atoms with van der Waals surface area (Å²) >= 11 is 0. The minimum atomic E-state index is -0.249. The molecule has 0 unspecified atom stereocenters. The van der Waals surface area contributed by atoms with E-state index in [0.29, 0.717) is 6.54 Å². The van der Waals surface area contributed by atoms with Crippen molar-refractivity contribution >= 4 is 5.69 Å². The molecular formula is C21H27FN2O. The summed E-state index contributed by atoms with van der Waals surface area (Å²) in [5.74, 6) is -0.249. The predicted molar refractivity (Wildman–Crippen MR) is 100 cm³/mol. The van der Waals surface area contributed by atoms with Gasteiger partial charge in [0.15, 0.2) is 0 Å². The third-order valence-electron chi connectivity index (χ3n) is 6.23. The fourth-order valence-electron chi connectivity index (χ4n) is 4.51. The van der Waals surface area contributed by atoms with Crippen LogP contribution in [0.5, 0.6) is 0 Å². The summed E-state index contributed by atoms with van der Waals surface area (Å²) in [5, 5.41) is 13.6. The molecule has 25 heavy (non-hydrogen) atoms. The van der Waals surface area contributed by atoms with E-state index in [2.05, 4.69) is 24.9 Å². The molecule has 0 aromatic heterocycles. The smallest absolute Gasteiger partial charge is 0.123 e. The predicted octanol–water partition coefficient (Wildman–Crippen LogP) is 4.14. The summed E-state index contributed by atoms with van der Waals surface area (Å²) < 4.78 is 13.1. The van der Waals surface area contributed by atoms with Gasteiger partial charge in [-0.05, 0) is 61.6 Å². The molecule has 4 heteroatoms. The van der Waals surface area contributed by atoms with Crippen molar-refractivity contribution in [1.82, 2.24) is 0 Å². The maximum absolute atomic E-state index is 13.1. The van der Waals surface area contributed by atoms with Crippen LogP contribution in [0.2, 0.25) is 0 Å². The molecule has 0 spiro atoms. The highest BCUT2D eigenvalue weighted by atomic mass is 19.1. The van der Waals surface area contributed by atoms with E-state index in [-0.39, 0.29) is 23.3 Å². The van der Waals surface area contributed by atoms with Gasteiger partial charge in [-0.15, -0.1) is 6.58 Å². The number of anilines is 1. The fraction of sp³-hybridized carbons (Fsp3) is 0.429. The summed E-state index contributed by atoms with van der Waals surface area (Å²) in [6.07, 6.45) is 7.66. The average molecular weight is 342 g/mol. The quantitative estimate of drug-likeness (QED) is 0.681. The molecule has 0 amide bonds. The van der Waals surface area contributed by atoms with Crippen LogP contribution in [-0.2, 0) is 0 Å². The molecular weight excluding hydrogens is 315 g/mol. The third-order valence-corrected chi connectivity index (χ3v) is 6.23. The van der Waals surface area contributed by atoms with Gasteiger partial charge in [-0.2, -0.15) is 0 Å². The number of allylic oxidation sites excluding steroid dienone is 3. The van der Waals surface area contributed by atoms with E-state index in [0.717, 1.165) is 42.6 Å². The van der Waals surface area contributed by atoms with E-state index >= 15 is 0 Å². The zero-order chi connectivity index (χ0) is 18.1. The normalized spacial score (nSPS) is 28.6. The Morgan fingerprint density at radius 2 is 2.08 bits per heavy atom. The van der Waals surface area contributed by atoms with Gasteiger partial charge in [-0.25, -0.2) is 4.39 Å². The number of nitrogens with one attached hydrogen (secondary N) is 1. The van der Waals surface area contributed by atoms with Crippen LogP contribution >= 0.6 is 0 Å². The molecule has 0 heterocycles. The SMILES string of the molecule is C=CC[C@]1(CO)CCC2=CC(Nc3ccc(F)cc3)=C(CN)C[C@@]21C. The first-order chi connectivity index (χ1) is 12.0. The molecule has 3 nitrogen and oxygen atoms in total. The topological polar surface area (TPSA) is 58.3 Å². The van der Waals surface area contributed by atoms with Gasteiger partial charge in [0, 0.05) is 35.4 Å². The van der Waals surface area contributed by atoms with Crippen molar-refractivity contribution in [2.75, 3.05) is 18.5 Å². The summed E-state index contributed by atoms with van der Waals surface area (Å²) in [5.41, 5.74) is 10.1. The second-order valence-electron chi connectivity index (χ2n) is 7.46. The molecule has 0 saturated heterocycles. The lowest BCUT2D eigenvalue weighted by molar-refractivity contribution is 0.0374. The molecule has 0 aliphatic heterocycles. The van der Waals surface area contributed by atoms with E-state index in [4.69, 9.17) is 5.73 Å². The molecule has 4 N–H and O–H groups in total. The van der Waals surface area contributed by atoms with Crippen molar-refractivity contribution in [3.63, 3.8) is 0 Å². The first-order valence-corrected chi connectivity index (χ1v) is 8.85. The Morgan fingerprint density at radius 1 is 1.36 bits per heavy atom. The highest BCUT2D eigenvalue weighted by Crippen LogP contribution is 2.62. The van der Waals surface area contributed by atoms with Crippen LogP contribution in [-0.4, -0.2) is 18.3 Å². The van der Waals surface area contributed by atoms with Gasteiger partial charge < -0.3 is 16.2 Å². The van der Waals surface area contributed by atoms with Gasteiger partial charge >= 0.3 is 0 Å². The van der Waals surface area contributed by atoms with E-state index in [1.165, 1.54) is 17.7 Å². The lowest BCUT2D eigenvalue weighted by Crippen LogP contribution is -2.41. The van der Waals surface area contributed by atoms with Crippen molar-refractivity contribution in [3.05, 3.63) is 65.7 Å². The second kappa shape index (κ2) is 6.77. The molecule has 3 rings (SSSR count). The van der Waals surface area contributed by atoms with E-state index < -0.39 is 0 Å². The summed E-state index contributed by atoms with van der Waals surface area (Å²) in [6, 6.07) is 6.35. The fourth-order valence-corrected chi connectivity index (χ4v) is 4.51. The number of rotatable bonds is 6. The zero-order valence-corrected chi connectivity index (χ0v) is 14.8. The Morgan fingerprint density at radius 3 is 2.68 bits per heavy atom. The minimum absolute atomic E-state index is 0.0986. The Hall–Kier alpha value is -1.91. The van der Waals surface area contributed by atoms with Gasteiger partial charge in [-0.3, -0.25) is 0 Å². The minimum Gasteiger partial charge on any atom is -0.396 e. The highest BCUT2D eigenvalue weighted by molar-refractivity contribution is 5.55. The highest BCUT2D eigenvalue weighted by Gasteiger charge is 2.54. The molecule has 2 aliphatic rings.